The number of nitrogen functional groups attached to an aromatic ring is 1. The van der Waals surface area contributed by atoms with Crippen molar-refractivity contribution in [3.05, 3.63) is 41.4 Å². The molecule has 39 heavy (non-hydrogen) atoms. The van der Waals surface area contributed by atoms with E-state index in [-0.39, 0.29) is 46.7 Å². The second-order valence-electron chi connectivity index (χ2n) is 10.6. The number of ether oxygens (including phenoxy) is 1. The van der Waals surface area contributed by atoms with Gasteiger partial charge in [0.1, 0.15) is 29.8 Å². The number of aryl methyl sites for hydroxylation is 1. The van der Waals surface area contributed by atoms with Gasteiger partial charge in [0, 0.05) is 12.7 Å². The lowest BCUT2D eigenvalue weighted by Crippen LogP contribution is -2.43. The third-order valence-corrected chi connectivity index (χ3v) is 7.99. The quantitative estimate of drug-likeness (QED) is 0.446. The number of aromatic nitrogens is 4. The zero-order valence-electron chi connectivity index (χ0n) is 21.6. The highest BCUT2D eigenvalue weighted by Crippen LogP contribution is 2.41. The SMILES string of the molecule is Cc1cc(N)nc(-c2cc3nc(OCC45CCCN4CCC5)nc(N4CCC=C(F)C4)c3cn2)c1C(F)(F)F. The van der Waals surface area contributed by atoms with Crippen molar-refractivity contribution in [2.24, 2.45) is 0 Å². The molecule has 2 N–H and O–H groups in total. The molecule has 0 unspecified atom stereocenters. The number of rotatable bonds is 5. The first kappa shape index (κ1) is 25.7. The van der Waals surface area contributed by atoms with Gasteiger partial charge in [-0.05, 0) is 75.9 Å². The monoisotopic (exact) mass is 543 g/mol. The van der Waals surface area contributed by atoms with Gasteiger partial charge in [-0.15, -0.1) is 0 Å². The molecule has 6 heterocycles. The number of fused-ring (bicyclic) bond motifs is 2. The van der Waals surface area contributed by atoms with Gasteiger partial charge in [0.15, 0.2) is 0 Å². The molecule has 0 atom stereocenters. The van der Waals surface area contributed by atoms with E-state index >= 15 is 0 Å². The van der Waals surface area contributed by atoms with Crippen molar-refractivity contribution >= 4 is 22.5 Å². The summed E-state index contributed by atoms with van der Waals surface area (Å²) in [7, 11) is 0. The lowest BCUT2D eigenvalue weighted by molar-refractivity contribution is -0.137. The molecule has 3 aliphatic heterocycles. The minimum absolute atomic E-state index is 0.0260. The summed E-state index contributed by atoms with van der Waals surface area (Å²) in [5.41, 5.74) is 4.75. The van der Waals surface area contributed by atoms with Crippen molar-refractivity contribution < 1.29 is 22.3 Å². The Morgan fingerprint density at radius 1 is 1.08 bits per heavy atom. The van der Waals surface area contributed by atoms with Crippen molar-refractivity contribution in [2.45, 2.75) is 50.7 Å². The minimum Gasteiger partial charge on any atom is -0.461 e. The van der Waals surface area contributed by atoms with Gasteiger partial charge in [0.05, 0.1) is 34.2 Å². The average molecular weight is 544 g/mol. The van der Waals surface area contributed by atoms with E-state index in [0.29, 0.717) is 36.3 Å². The van der Waals surface area contributed by atoms with Crippen LogP contribution in [0.3, 0.4) is 0 Å². The van der Waals surface area contributed by atoms with Crippen LogP contribution in [0.25, 0.3) is 22.3 Å². The minimum atomic E-state index is -4.66. The second-order valence-corrected chi connectivity index (χ2v) is 10.6. The average Bonchev–Trinajstić information content (AvgIpc) is 3.46. The highest BCUT2D eigenvalue weighted by atomic mass is 19.4. The van der Waals surface area contributed by atoms with Crippen molar-refractivity contribution in [1.29, 1.82) is 0 Å². The molecular weight excluding hydrogens is 514 g/mol. The Hall–Kier alpha value is -3.54. The molecule has 6 rings (SSSR count). The number of hydrogen-bond acceptors (Lipinski definition) is 8. The van der Waals surface area contributed by atoms with Crippen LogP contribution >= 0.6 is 0 Å². The maximum absolute atomic E-state index is 14.2. The first-order valence-corrected chi connectivity index (χ1v) is 13.1. The molecule has 3 aromatic heterocycles. The van der Waals surface area contributed by atoms with Crippen LogP contribution in [-0.2, 0) is 6.18 Å². The molecule has 3 aromatic rings. The van der Waals surface area contributed by atoms with Gasteiger partial charge in [0.25, 0.3) is 0 Å². The first-order chi connectivity index (χ1) is 18.6. The number of anilines is 2. The van der Waals surface area contributed by atoms with Crippen LogP contribution in [0.1, 0.15) is 43.2 Å². The Morgan fingerprint density at radius 3 is 2.56 bits per heavy atom. The maximum Gasteiger partial charge on any atom is 0.418 e. The van der Waals surface area contributed by atoms with Crippen molar-refractivity contribution in [1.82, 2.24) is 24.8 Å². The largest absolute Gasteiger partial charge is 0.461 e. The topological polar surface area (TPSA) is 93.3 Å². The van der Waals surface area contributed by atoms with E-state index < -0.39 is 11.7 Å². The summed E-state index contributed by atoms with van der Waals surface area (Å²) < 4.78 is 62.4. The van der Waals surface area contributed by atoms with Crippen LogP contribution in [0, 0.1) is 6.92 Å². The van der Waals surface area contributed by atoms with Crippen LogP contribution in [0.4, 0.5) is 29.2 Å². The lowest BCUT2D eigenvalue weighted by Gasteiger charge is -2.31. The smallest absolute Gasteiger partial charge is 0.418 e. The molecule has 206 valence electrons. The number of nitrogens with two attached hydrogens (primary N) is 1. The van der Waals surface area contributed by atoms with Gasteiger partial charge in [-0.3, -0.25) is 9.88 Å². The molecule has 0 spiro atoms. The van der Waals surface area contributed by atoms with E-state index in [0.717, 1.165) is 38.8 Å². The van der Waals surface area contributed by atoms with E-state index in [1.54, 1.807) is 4.90 Å². The molecule has 2 fully saturated rings. The van der Waals surface area contributed by atoms with E-state index in [1.165, 1.54) is 31.3 Å². The first-order valence-electron chi connectivity index (χ1n) is 13.1. The molecule has 12 heteroatoms. The molecule has 0 radical (unpaired) electrons. The van der Waals surface area contributed by atoms with Crippen LogP contribution in [0.2, 0.25) is 0 Å². The van der Waals surface area contributed by atoms with Crippen LogP contribution in [0.5, 0.6) is 6.01 Å². The third-order valence-electron chi connectivity index (χ3n) is 7.99. The van der Waals surface area contributed by atoms with Crippen molar-refractivity contribution in [2.75, 3.05) is 43.4 Å². The molecular formula is C27H29F4N7O. The third kappa shape index (κ3) is 4.75. The number of halogens is 4. The molecule has 0 aliphatic carbocycles. The summed E-state index contributed by atoms with van der Waals surface area (Å²) in [5, 5.41) is 0.483. The predicted octanol–water partition coefficient (Wildman–Crippen LogP) is 5.07. The Balaban J connectivity index is 1.45. The standard InChI is InChI=1S/C27H29F4N7O/c1-16-11-21(32)35-23(22(16)27(29,30)31)20-12-19-18(13-33-20)24(37-8-2-5-17(28)14-37)36-25(34-19)39-15-26-6-3-9-38(26)10-4-7-26/h5,11-13H,2-4,6-10,14-15H2,1H3,(H2,32,35). The molecule has 0 saturated carbocycles. The number of hydrogen-bond donors (Lipinski definition) is 1. The Bertz CT molecular complexity index is 1450. The van der Waals surface area contributed by atoms with Crippen LogP contribution in [-0.4, -0.2) is 63.2 Å². The summed E-state index contributed by atoms with van der Waals surface area (Å²) in [5.74, 6) is 0.107. The van der Waals surface area contributed by atoms with Crippen LogP contribution in [0.15, 0.2) is 30.2 Å². The lowest BCUT2D eigenvalue weighted by atomic mass is 9.95. The van der Waals surface area contributed by atoms with E-state index in [2.05, 4.69) is 24.8 Å². The van der Waals surface area contributed by atoms with Gasteiger partial charge in [-0.2, -0.15) is 23.1 Å². The van der Waals surface area contributed by atoms with E-state index in [9.17, 15) is 17.6 Å². The van der Waals surface area contributed by atoms with Crippen LogP contribution < -0.4 is 15.4 Å². The summed E-state index contributed by atoms with van der Waals surface area (Å²) >= 11 is 0. The Morgan fingerprint density at radius 2 is 1.85 bits per heavy atom. The molecule has 8 nitrogen and oxygen atoms in total. The number of pyridine rings is 2. The fourth-order valence-corrected chi connectivity index (χ4v) is 6.21. The molecule has 0 aromatic carbocycles. The van der Waals surface area contributed by atoms with Gasteiger partial charge in [-0.25, -0.2) is 9.37 Å². The Labute approximate surface area is 222 Å². The van der Waals surface area contributed by atoms with Gasteiger partial charge in [0.2, 0.25) is 0 Å². The van der Waals surface area contributed by atoms with Crippen molar-refractivity contribution in [3.8, 4) is 17.4 Å². The second kappa shape index (κ2) is 9.58. The maximum atomic E-state index is 14.2. The molecule has 0 amide bonds. The fourth-order valence-electron chi connectivity index (χ4n) is 6.21. The van der Waals surface area contributed by atoms with Gasteiger partial charge in [-0.1, -0.05) is 0 Å². The normalized spacial score (nSPS) is 19.4. The predicted molar refractivity (Wildman–Crippen MR) is 139 cm³/mol. The van der Waals surface area contributed by atoms with Gasteiger partial charge < -0.3 is 15.4 Å². The number of nitrogens with zero attached hydrogens (tertiary/aromatic N) is 6. The summed E-state index contributed by atoms with van der Waals surface area (Å²) in [4.78, 5) is 21.7. The summed E-state index contributed by atoms with van der Waals surface area (Å²) in [6, 6.07) is 2.73. The fraction of sp³-hybridized carbons (Fsp3) is 0.481. The zero-order chi connectivity index (χ0) is 27.4. The highest BCUT2D eigenvalue weighted by Gasteiger charge is 2.45. The molecule has 2 saturated heterocycles. The van der Waals surface area contributed by atoms with Gasteiger partial charge >= 0.3 is 12.2 Å². The van der Waals surface area contributed by atoms with E-state index in [1.807, 2.05) is 0 Å². The number of alkyl halides is 3. The Kier molecular flexibility index (Phi) is 6.32. The highest BCUT2D eigenvalue weighted by molar-refractivity contribution is 5.91. The molecule has 3 aliphatic rings. The summed E-state index contributed by atoms with van der Waals surface area (Å²) in [6.07, 6.45) is 3.06. The van der Waals surface area contributed by atoms with Crippen molar-refractivity contribution in [3.63, 3.8) is 0 Å². The molecule has 0 bridgehead atoms. The zero-order valence-corrected chi connectivity index (χ0v) is 21.6. The van der Waals surface area contributed by atoms with E-state index in [4.69, 9.17) is 10.5 Å². The summed E-state index contributed by atoms with van der Waals surface area (Å²) in [6.45, 7) is 4.38.